The highest BCUT2D eigenvalue weighted by molar-refractivity contribution is 5.98. The summed E-state index contributed by atoms with van der Waals surface area (Å²) in [5.41, 5.74) is 4.06. The number of aromatic hydroxyl groups is 4. The minimum absolute atomic E-state index is 0.0475. The lowest BCUT2D eigenvalue weighted by Gasteiger charge is -2.36. The Morgan fingerprint density at radius 3 is 1.48 bits per heavy atom. The molecule has 0 aliphatic carbocycles. The van der Waals surface area contributed by atoms with E-state index < -0.39 is 12.1 Å². The number of hydrogen-bond donors (Lipinski definition) is 6. The zero-order valence-corrected chi connectivity index (χ0v) is 38.2. The summed E-state index contributed by atoms with van der Waals surface area (Å²) in [6.07, 6.45) is 0.167. The van der Waals surface area contributed by atoms with Crippen LogP contribution in [0.2, 0.25) is 0 Å². The van der Waals surface area contributed by atoms with Crippen LogP contribution in [0.4, 0.5) is 4.79 Å². The molecule has 0 saturated carbocycles. The van der Waals surface area contributed by atoms with E-state index in [1.165, 1.54) is 52.0 Å². The highest BCUT2D eigenvalue weighted by Gasteiger charge is 2.26. The summed E-state index contributed by atoms with van der Waals surface area (Å²) < 4.78 is 5.27. The van der Waals surface area contributed by atoms with Gasteiger partial charge in [0.15, 0.2) is 23.1 Å². The molecular formula is C52H58N4O11. The second kappa shape index (κ2) is 24.2. The van der Waals surface area contributed by atoms with Crippen molar-refractivity contribution in [3.8, 4) is 23.0 Å². The normalized spacial score (nSPS) is 11.6. The molecule has 0 saturated heterocycles. The van der Waals surface area contributed by atoms with Crippen molar-refractivity contribution in [2.75, 3.05) is 19.6 Å². The minimum Gasteiger partial charge on any atom is -0.507 e. The number of phenols is 4. The SMILES string of the molecule is CC(=O)c1ccc(CN(Cc2ccc(O)c(C(C)=O)c2)CC(CCC(=O)NCCCNC(=O)OCc2ccccc2)N(Cc2ccc(O)c(C(C)=O)c2)Cc2ccc(O)c(C(C)=O)c2)cc1O. The quantitative estimate of drug-likeness (QED) is 0.0260. The second-order valence-electron chi connectivity index (χ2n) is 16.6. The Labute approximate surface area is 390 Å². The molecule has 0 aliphatic heterocycles. The molecular weight excluding hydrogens is 857 g/mol. The number of Topliss-reactive ketones (excluding diaryl/α,β-unsaturated/α-hetero) is 4. The fourth-order valence-electron chi connectivity index (χ4n) is 7.70. The Morgan fingerprint density at radius 2 is 0.985 bits per heavy atom. The van der Waals surface area contributed by atoms with Gasteiger partial charge < -0.3 is 35.8 Å². The number of nitrogens with one attached hydrogen (secondary N) is 2. The Balaban J connectivity index is 1.46. The maximum Gasteiger partial charge on any atom is 0.407 e. The van der Waals surface area contributed by atoms with E-state index in [-0.39, 0.29) is 140 Å². The van der Waals surface area contributed by atoms with Crippen molar-refractivity contribution in [2.24, 2.45) is 0 Å². The molecule has 1 unspecified atom stereocenters. The van der Waals surface area contributed by atoms with Crippen LogP contribution in [0.25, 0.3) is 0 Å². The minimum atomic E-state index is -0.578. The number of carbonyl (C=O) groups excluding carboxylic acids is 6. The highest BCUT2D eigenvalue weighted by Crippen LogP contribution is 2.28. The van der Waals surface area contributed by atoms with Crippen LogP contribution in [0.1, 0.15) is 116 Å². The van der Waals surface area contributed by atoms with Crippen LogP contribution >= 0.6 is 0 Å². The van der Waals surface area contributed by atoms with Crippen LogP contribution in [-0.4, -0.2) is 91.0 Å². The van der Waals surface area contributed by atoms with Crippen LogP contribution in [0.3, 0.4) is 0 Å². The summed E-state index contributed by atoms with van der Waals surface area (Å²) >= 11 is 0. The number of rotatable bonds is 24. The summed E-state index contributed by atoms with van der Waals surface area (Å²) in [7, 11) is 0. The fraction of sp³-hybridized carbons (Fsp3) is 0.308. The van der Waals surface area contributed by atoms with Gasteiger partial charge in [-0.15, -0.1) is 0 Å². The Morgan fingerprint density at radius 1 is 0.522 bits per heavy atom. The van der Waals surface area contributed by atoms with E-state index in [0.29, 0.717) is 28.7 Å². The standard InChI is InChI=1S/C52H58N4O11/c1-33(57)43-16-11-41(26-50(43)64)28-55(27-38-12-17-47(61)44(23-38)34(2)58)31-42(15-20-51(65)53-21-8-22-54-52(66)67-32-37-9-6-5-7-10-37)56(29-39-13-18-48(62)45(24-39)35(3)59)30-40-14-19-49(63)46(25-40)36(4)60/h5-7,9-14,16-19,23-26,42,61-64H,8,15,20-22,27-32H2,1-4H3,(H,53,65)(H,54,66). The van der Waals surface area contributed by atoms with Gasteiger partial charge in [-0.25, -0.2) is 4.79 Å². The Kier molecular flexibility index (Phi) is 18.3. The first-order chi connectivity index (χ1) is 32.0. The number of hydrogen-bond acceptors (Lipinski definition) is 13. The van der Waals surface area contributed by atoms with Gasteiger partial charge >= 0.3 is 6.09 Å². The topological polar surface area (TPSA) is 223 Å². The monoisotopic (exact) mass is 914 g/mol. The predicted molar refractivity (Wildman–Crippen MR) is 251 cm³/mol. The summed E-state index contributed by atoms with van der Waals surface area (Å²) in [5.74, 6) is -2.29. The maximum absolute atomic E-state index is 13.6. The maximum atomic E-state index is 13.6. The first-order valence-corrected chi connectivity index (χ1v) is 22.0. The first kappa shape index (κ1) is 50.6. The van der Waals surface area contributed by atoms with E-state index in [1.54, 1.807) is 48.5 Å². The van der Waals surface area contributed by atoms with Crippen molar-refractivity contribution in [1.29, 1.82) is 0 Å². The Bertz CT molecular complexity index is 2510. The molecule has 5 aromatic rings. The number of alkyl carbamates (subject to hydrolysis) is 1. The zero-order chi connectivity index (χ0) is 48.6. The number of phenolic OH excluding ortho intramolecular Hbond substituents is 4. The van der Waals surface area contributed by atoms with Gasteiger partial charge in [0.05, 0.1) is 22.3 Å². The smallest absolute Gasteiger partial charge is 0.407 e. The molecule has 0 aliphatic rings. The van der Waals surface area contributed by atoms with Gasteiger partial charge in [0.1, 0.15) is 29.6 Å². The summed E-state index contributed by atoms with van der Waals surface area (Å²) in [5, 5.41) is 48.0. The van der Waals surface area contributed by atoms with Crippen molar-refractivity contribution < 1.29 is 53.9 Å². The van der Waals surface area contributed by atoms with Gasteiger partial charge in [-0.05, 0) is 117 Å². The van der Waals surface area contributed by atoms with E-state index >= 15 is 0 Å². The van der Waals surface area contributed by atoms with Crippen LogP contribution < -0.4 is 10.6 Å². The molecule has 0 aromatic heterocycles. The lowest BCUT2D eigenvalue weighted by molar-refractivity contribution is -0.121. The molecule has 6 N–H and O–H groups in total. The molecule has 5 aromatic carbocycles. The predicted octanol–water partition coefficient (Wildman–Crippen LogP) is 7.61. The van der Waals surface area contributed by atoms with Crippen molar-refractivity contribution in [1.82, 2.24) is 20.4 Å². The van der Waals surface area contributed by atoms with Crippen molar-refractivity contribution in [2.45, 2.75) is 85.8 Å². The van der Waals surface area contributed by atoms with E-state index in [2.05, 4.69) is 15.5 Å². The number of amides is 2. The van der Waals surface area contributed by atoms with Gasteiger partial charge in [0, 0.05) is 58.3 Å². The van der Waals surface area contributed by atoms with Crippen molar-refractivity contribution >= 4 is 35.1 Å². The van der Waals surface area contributed by atoms with Gasteiger partial charge in [-0.1, -0.05) is 54.6 Å². The summed E-state index contributed by atoms with van der Waals surface area (Å²) in [6, 6.07) is 27.8. The fourth-order valence-corrected chi connectivity index (χ4v) is 7.70. The van der Waals surface area contributed by atoms with Crippen LogP contribution in [-0.2, 0) is 42.3 Å². The summed E-state index contributed by atoms with van der Waals surface area (Å²) in [6.45, 7) is 7.17. The molecule has 352 valence electrons. The lowest BCUT2D eigenvalue weighted by atomic mass is 10.0. The largest absolute Gasteiger partial charge is 0.507 e. The lowest BCUT2D eigenvalue weighted by Crippen LogP contribution is -2.44. The second-order valence-corrected chi connectivity index (χ2v) is 16.6. The van der Waals surface area contributed by atoms with Crippen LogP contribution in [0, 0.1) is 0 Å². The third kappa shape index (κ3) is 15.4. The van der Waals surface area contributed by atoms with Crippen molar-refractivity contribution in [3.63, 3.8) is 0 Å². The van der Waals surface area contributed by atoms with Crippen molar-refractivity contribution in [3.05, 3.63) is 153 Å². The van der Waals surface area contributed by atoms with Crippen LogP contribution in [0.15, 0.2) is 103 Å². The molecule has 0 radical (unpaired) electrons. The molecule has 67 heavy (non-hydrogen) atoms. The van der Waals surface area contributed by atoms with E-state index in [0.717, 1.165) is 5.56 Å². The molecule has 0 spiro atoms. The van der Waals surface area contributed by atoms with E-state index in [4.69, 9.17) is 4.74 Å². The molecule has 5 rings (SSSR count). The molecule has 15 heteroatoms. The van der Waals surface area contributed by atoms with Gasteiger partial charge in [0.2, 0.25) is 5.91 Å². The number of nitrogens with zero attached hydrogens (tertiary/aromatic N) is 2. The molecule has 0 fully saturated rings. The van der Waals surface area contributed by atoms with Gasteiger partial charge in [-0.2, -0.15) is 0 Å². The third-order valence-corrected chi connectivity index (χ3v) is 11.2. The van der Waals surface area contributed by atoms with E-state index in [1.807, 2.05) is 35.2 Å². The molecule has 2 amide bonds. The van der Waals surface area contributed by atoms with Gasteiger partial charge in [0.25, 0.3) is 0 Å². The number of ketones is 4. The molecule has 0 bridgehead atoms. The zero-order valence-electron chi connectivity index (χ0n) is 38.2. The number of ether oxygens (including phenoxy) is 1. The number of benzene rings is 5. The average Bonchev–Trinajstić information content (AvgIpc) is 3.28. The molecule has 1 atom stereocenters. The van der Waals surface area contributed by atoms with Gasteiger partial charge in [-0.3, -0.25) is 33.8 Å². The molecule has 0 heterocycles. The number of carbonyl (C=O) groups is 6. The third-order valence-electron chi connectivity index (χ3n) is 11.2. The first-order valence-electron chi connectivity index (χ1n) is 22.0. The Hall–Kier alpha value is -7.36. The summed E-state index contributed by atoms with van der Waals surface area (Å²) in [4.78, 5) is 79.8. The highest BCUT2D eigenvalue weighted by atomic mass is 16.5. The van der Waals surface area contributed by atoms with Crippen LogP contribution in [0.5, 0.6) is 23.0 Å². The molecule has 15 nitrogen and oxygen atoms in total. The average molecular weight is 915 g/mol. The van der Waals surface area contributed by atoms with E-state index in [9.17, 15) is 49.2 Å².